The highest BCUT2D eigenvalue weighted by Gasteiger charge is 2.27. The fraction of sp³-hybridized carbons (Fsp3) is 0.333. The highest BCUT2D eigenvalue weighted by Crippen LogP contribution is 2.23. The highest BCUT2D eigenvalue weighted by atomic mass is 19.2. The second kappa shape index (κ2) is 8.28. The molecule has 1 unspecified atom stereocenters. The maximum atomic E-state index is 13.4. The predicted molar refractivity (Wildman–Crippen MR) is 98.0 cm³/mol. The molecule has 1 aliphatic rings. The molecular weight excluding hydrogens is 348 g/mol. The van der Waals surface area contributed by atoms with Crippen LogP contribution in [0.15, 0.2) is 42.5 Å². The topological polar surface area (TPSA) is 47.3 Å². The van der Waals surface area contributed by atoms with E-state index in [-0.39, 0.29) is 17.5 Å². The zero-order valence-electron chi connectivity index (χ0n) is 15.2. The van der Waals surface area contributed by atoms with E-state index < -0.39 is 11.6 Å². The van der Waals surface area contributed by atoms with Gasteiger partial charge in [0.05, 0.1) is 6.07 Å². The van der Waals surface area contributed by atoms with E-state index in [9.17, 15) is 18.8 Å². The van der Waals surface area contributed by atoms with Gasteiger partial charge in [0.15, 0.2) is 11.6 Å². The second-order valence-electron chi connectivity index (χ2n) is 6.58. The molecule has 3 rings (SSSR count). The number of halogens is 2. The van der Waals surface area contributed by atoms with Crippen molar-refractivity contribution in [1.29, 1.82) is 5.26 Å². The molecule has 27 heavy (non-hydrogen) atoms. The van der Waals surface area contributed by atoms with Gasteiger partial charge >= 0.3 is 0 Å². The van der Waals surface area contributed by atoms with Gasteiger partial charge in [0.2, 0.25) is 0 Å². The van der Waals surface area contributed by atoms with Gasteiger partial charge in [0.25, 0.3) is 5.91 Å². The zero-order chi connectivity index (χ0) is 19.4. The molecule has 0 saturated carbocycles. The van der Waals surface area contributed by atoms with Crippen LogP contribution < -0.4 is 0 Å². The molecule has 0 bridgehead atoms. The second-order valence-corrected chi connectivity index (χ2v) is 6.58. The lowest BCUT2D eigenvalue weighted by Gasteiger charge is -2.37. The zero-order valence-corrected chi connectivity index (χ0v) is 15.2. The van der Waals surface area contributed by atoms with E-state index >= 15 is 0 Å². The van der Waals surface area contributed by atoms with Crippen LogP contribution in [0.4, 0.5) is 8.78 Å². The molecule has 0 aliphatic carbocycles. The highest BCUT2D eigenvalue weighted by molar-refractivity contribution is 5.94. The molecule has 1 saturated heterocycles. The lowest BCUT2D eigenvalue weighted by Crippen LogP contribution is -2.49. The van der Waals surface area contributed by atoms with Crippen molar-refractivity contribution in [1.82, 2.24) is 9.80 Å². The van der Waals surface area contributed by atoms with E-state index in [0.717, 1.165) is 24.1 Å². The van der Waals surface area contributed by atoms with Crippen molar-refractivity contribution < 1.29 is 13.6 Å². The molecule has 6 heteroatoms. The maximum Gasteiger partial charge on any atom is 0.254 e. The number of nitriles is 1. The van der Waals surface area contributed by atoms with Gasteiger partial charge in [-0.15, -0.1) is 0 Å². The van der Waals surface area contributed by atoms with Crippen molar-refractivity contribution >= 4 is 5.91 Å². The van der Waals surface area contributed by atoms with Crippen LogP contribution in [-0.2, 0) is 6.42 Å². The molecule has 2 aromatic rings. The minimum absolute atomic E-state index is 0.134. The van der Waals surface area contributed by atoms with Crippen LogP contribution in [0.1, 0.15) is 34.5 Å². The van der Waals surface area contributed by atoms with Gasteiger partial charge in [-0.2, -0.15) is 5.26 Å². The summed E-state index contributed by atoms with van der Waals surface area (Å²) < 4.78 is 26.4. The SMILES string of the molecule is CCc1ccc(C(C#N)N2CCN(C(=O)c3ccc(F)c(F)c3)CC2)cc1. The smallest absolute Gasteiger partial charge is 0.254 e. The number of carbonyl (C=O) groups is 1. The molecule has 1 aliphatic heterocycles. The van der Waals surface area contributed by atoms with E-state index in [0.29, 0.717) is 26.2 Å². The molecule has 1 amide bonds. The number of hydrogen-bond donors (Lipinski definition) is 0. The minimum atomic E-state index is -1.03. The van der Waals surface area contributed by atoms with Crippen LogP contribution in [0, 0.1) is 23.0 Å². The average molecular weight is 369 g/mol. The van der Waals surface area contributed by atoms with Gasteiger partial charge in [-0.1, -0.05) is 31.2 Å². The number of rotatable bonds is 4. The van der Waals surface area contributed by atoms with Crippen molar-refractivity contribution in [2.75, 3.05) is 26.2 Å². The molecular formula is C21H21F2N3O. The van der Waals surface area contributed by atoms with E-state index in [1.54, 1.807) is 4.90 Å². The van der Waals surface area contributed by atoms with Crippen LogP contribution in [-0.4, -0.2) is 41.9 Å². The molecule has 0 N–H and O–H groups in total. The predicted octanol–water partition coefficient (Wildman–Crippen LogP) is 3.55. The summed E-state index contributed by atoms with van der Waals surface area (Å²) >= 11 is 0. The van der Waals surface area contributed by atoms with Crippen LogP contribution in [0.3, 0.4) is 0 Å². The molecule has 0 spiro atoms. The standard InChI is InChI=1S/C21H21F2N3O/c1-2-15-3-5-16(6-4-15)20(14-24)25-9-11-26(12-10-25)21(27)17-7-8-18(22)19(23)13-17/h3-8,13,20H,2,9-12H2,1H3. The van der Waals surface area contributed by atoms with Gasteiger partial charge < -0.3 is 4.90 Å². The van der Waals surface area contributed by atoms with E-state index in [2.05, 4.69) is 13.0 Å². The lowest BCUT2D eigenvalue weighted by atomic mass is 10.0. The van der Waals surface area contributed by atoms with Crippen molar-refractivity contribution in [3.63, 3.8) is 0 Å². The van der Waals surface area contributed by atoms with Gasteiger partial charge in [-0.05, 0) is 35.7 Å². The minimum Gasteiger partial charge on any atom is -0.336 e. The number of amides is 1. The monoisotopic (exact) mass is 369 g/mol. The Hall–Kier alpha value is -2.78. The maximum absolute atomic E-state index is 13.4. The Kier molecular flexibility index (Phi) is 5.82. The normalized spacial score (nSPS) is 16.0. The number of aryl methyl sites for hydroxylation is 1. The first kappa shape index (κ1) is 19.0. The van der Waals surface area contributed by atoms with E-state index in [4.69, 9.17) is 0 Å². The summed E-state index contributed by atoms with van der Waals surface area (Å²) in [6.07, 6.45) is 0.947. The summed E-state index contributed by atoms with van der Waals surface area (Å²) in [6.45, 7) is 4.04. The van der Waals surface area contributed by atoms with Crippen LogP contribution >= 0.6 is 0 Å². The van der Waals surface area contributed by atoms with Gasteiger partial charge in [-0.25, -0.2) is 8.78 Å². The van der Waals surface area contributed by atoms with Crippen molar-refractivity contribution in [3.05, 3.63) is 70.8 Å². The van der Waals surface area contributed by atoms with E-state index in [1.165, 1.54) is 11.6 Å². The number of piperazine rings is 1. The summed E-state index contributed by atoms with van der Waals surface area (Å²) in [5, 5.41) is 9.62. The number of benzene rings is 2. The summed E-state index contributed by atoms with van der Waals surface area (Å²) in [7, 11) is 0. The summed E-state index contributed by atoms with van der Waals surface area (Å²) in [6, 6.07) is 13.2. The largest absolute Gasteiger partial charge is 0.336 e. The van der Waals surface area contributed by atoms with Gasteiger partial charge in [0.1, 0.15) is 6.04 Å². The molecule has 0 aromatic heterocycles. The van der Waals surface area contributed by atoms with E-state index in [1.807, 2.05) is 29.2 Å². The van der Waals surface area contributed by atoms with Crippen molar-refractivity contribution in [2.24, 2.45) is 0 Å². The molecule has 0 radical (unpaired) electrons. The van der Waals surface area contributed by atoms with Crippen molar-refractivity contribution in [3.8, 4) is 6.07 Å². The summed E-state index contributed by atoms with van der Waals surface area (Å²) in [4.78, 5) is 16.1. The first-order chi connectivity index (χ1) is 13.0. The molecule has 2 aromatic carbocycles. The first-order valence-electron chi connectivity index (χ1n) is 9.00. The summed E-state index contributed by atoms with van der Waals surface area (Å²) in [5.74, 6) is -2.32. The first-order valence-corrected chi connectivity index (χ1v) is 9.00. The van der Waals surface area contributed by atoms with Gasteiger partial charge in [0, 0.05) is 31.7 Å². The Labute approximate surface area is 157 Å². The van der Waals surface area contributed by atoms with Crippen LogP contribution in [0.2, 0.25) is 0 Å². The number of hydrogen-bond acceptors (Lipinski definition) is 3. The van der Waals surface area contributed by atoms with Crippen LogP contribution in [0.25, 0.3) is 0 Å². The molecule has 1 fully saturated rings. The molecule has 140 valence electrons. The summed E-state index contributed by atoms with van der Waals surface area (Å²) in [5.41, 5.74) is 2.29. The third-order valence-electron chi connectivity index (χ3n) is 4.96. The molecule has 4 nitrogen and oxygen atoms in total. The Bertz CT molecular complexity index is 853. The van der Waals surface area contributed by atoms with Crippen LogP contribution in [0.5, 0.6) is 0 Å². The number of nitrogens with zero attached hydrogens (tertiary/aromatic N) is 3. The molecule has 1 heterocycles. The third kappa shape index (κ3) is 4.15. The lowest BCUT2D eigenvalue weighted by molar-refractivity contribution is 0.0606. The quantitative estimate of drug-likeness (QED) is 0.828. The Morgan fingerprint density at radius 3 is 2.30 bits per heavy atom. The number of carbonyl (C=O) groups excluding carboxylic acids is 1. The Balaban J connectivity index is 1.65. The Morgan fingerprint density at radius 1 is 1.07 bits per heavy atom. The average Bonchev–Trinajstić information content (AvgIpc) is 2.71. The Morgan fingerprint density at radius 2 is 1.74 bits per heavy atom. The molecule has 1 atom stereocenters. The fourth-order valence-corrected chi connectivity index (χ4v) is 3.30. The van der Waals surface area contributed by atoms with Gasteiger partial charge in [-0.3, -0.25) is 9.69 Å². The fourth-order valence-electron chi connectivity index (χ4n) is 3.30. The third-order valence-corrected chi connectivity index (χ3v) is 4.96. The van der Waals surface area contributed by atoms with Crippen molar-refractivity contribution in [2.45, 2.75) is 19.4 Å².